The largest absolute Gasteiger partial charge is 0.315 e. The Morgan fingerprint density at radius 2 is 2.43 bits per heavy atom. The van der Waals surface area contributed by atoms with Crippen LogP contribution in [0.25, 0.3) is 0 Å². The molecule has 1 aromatic heterocycles. The van der Waals surface area contributed by atoms with Gasteiger partial charge >= 0.3 is 0 Å². The highest BCUT2D eigenvalue weighted by Crippen LogP contribution is 2.26. The van der Waals surface area contributed by atoms with E-state index in [4.69, 9.17) is 0 Å². The predicted molar refractivity (Wildman–Crippen MR) is 51.0 cm³/mol. The van der Waals surface area contributed by atoms with Crippen LogP contribution < -0.4 is 5.32 Å². The van der Waals surface area contributed by atoms with E-state index in [-0.39, 0.29) is 11.2 Å². The van der Waals surface area contributed by atoms with E-state index in [1.165, 1.54) is 0 Å². The van der Waals surface area contributed by atoms with Gasteiger partial charge in [0.05, 0.1) is 11.6 Å². The van der Waals surface area contributed by atoms with Gasteiger partial charge in [-0.25, -0.2) is 4.68 Å². The number of hydrogen-bond donors (Lipinski definition) is 1. The number of ketones is 1. The van der Waals surface area contributed by atoms with Crippen LogP contribution in [0.5, 0.6) is 0 Å². The molecule has 1 fully saturated rings. The Bertz CT molecular complexity index is 353. The molecule has 0 bridgehead atoms. The van der Waals surface area contributed by atoms with Crippen molar-refractivity contribution >= 4 is 5.78 Å². The third-order valence-electron chi connectivity index (χ3n) is 2.73. The van der Waals surface area contributed by atoms with Gasteiger partial charge in [-0.3, -0.25) is 4.79 Å². The summed E-state index contributed by atoms with van der Waals surface area (Å²) in [7, 11) is 0. The predicted octanol–water partition coefficient (Wildman–Crippen LogP) is 0.0902. The standard InChI is InChI=1S/C9H14N4O/c1-3-13-7(4-11-12-13)8(14)9(2)5-10-6-9/h4,10H,3,5-6H2,1-2H3. The molecule has 0 unspecified atom stereocenters. The van der Waals surface area contributed by atoms with E-state index >= 15 is 0 Å². The Morgan fingerprint density at radius 3 is 2.93 bits per heavy atom. The van der Waals surface area contributed by atoms with E-state index in [1.54, 1.807) is 10.9 Å². The Hall–Kier alpha value is -1.23. The fourth-order valence-corrected chi connectivity index (χ4v) is 1.64. The Labute approximate surface area is 82.5 Å². The topological polar surface area (TPSA) is 59.8 Å². The fourth-order valence-electron chi connectivity index (χ4n) is 1.64. The smallest absolute Gasteiger partial charge is 0.190 e. The summed E-state index contributed by atoms with van der Waals surface area (Å²) in [5.41, 5.74) is 0.366. The van der Waals surface area contributed by atoms with Crippen molar-refractivity contribution < 1.29 is 4.79 Å². The Morgan fingerprint density at radius 1 is 1.71 bits per heavy atom. The number of nitrogens with one attached hydrogen (secondary N) is 1. The van der Waals surface area contributed by atoms with E-state index in [1.807, 2.05) is 13.8 Å². The van der Waals surface area contributed by atoms with Gasteiger partial charge in [0, 0.05) is 19.6 Å². The zero-order chi connectivity index (χ0) is 10.2. The van der Waals surface area contributed by atoms with Crippen molar-refractivity contribution in [1.29, 1.82) is 0 Å². The summed E-state index contributed by atoms with van der Waals surface area (Å²) in [5, 5.41) is 10.7. The molecular weight excluding hydrogens is 180 g/mol. The maximum Gasteiger partial charge on any atom is 0.190 e. The molecule has 0 saturated carbocycles. The van der Waals surface area contributed by atoms with E-state index in [0.717, 1.165) is 13.1 Å². The van der Waals surface area contributed by atoms with Crippen molar-refractivity contribution in [2.75, 3.05) is 13.1 Å². The van der Waals surface area contributed by atoms with E-state index in [9.17, 15) is 4.79 Å². The van der Waals surface area contributed by atoms with Gasteiger partial charge in [-0.2, -0.15) is 0 Å². The van der Waals surface area contributed by atoms with Crippen LogP contribution >= 0.6 is 0 Å². The highest BCUT2D eigenvalue weighted by Gasteiger charge is 2.41. The van der Waals surface area contributed by atoms with Gasteiger partial charge in [0.25, 0.3) is 0 Å². The summed E-state index contributed by atoms with van der Waals surface area (Å²) in [6, 6.07) is 0. The normalized spacial score (nSPS) is 19.0. The molecule has 0 aromatic carbocycles. The third kappa shape index (κ3) is 1.24. The molecule has 2 heterocycles. The molecule has 1 saturated heterocycles. The second kappa shape index (κ2) is 3.16. The molecule has 76 valence electrons. The molecule has 1 aromatic rings. The second-order valence-electron chi connectivity index (χ2n) is 3.93. The zero-order valence-corrected chi connectivity index (χ0v) is 8.45. The van der Waals surface area contributed by atoms with Crippen molar-refractivity contribution in [2.45, 2.75) is 20.4 Å². The molecule has 0 spiro atoms. The van der Waals surface area contributed by atoms with Crippen LogP contribution in [0.1, 0.15) is 24.3 Å². The molecule has 0 radical (unpaired) electrons. The van der Waals surface area contributed by atoms with E-state index in [2.05, 4.69) is 15.6 Å². The van der Waals surface area contributed by atoms with Gasteiger partial charge in [0.2, 0.25) is 0 Å². The SMILES string of the molecule is CCn1nncc1C(=O)C1(C)CNC1. The van der Waals surface area contributed by atoms with Gasteiger partial charge < -0.3 is 5.32 Å². The van der Waals surface area contributed by atoms with Crippen molar-refractivity contribution in [3.63, 3.8) is 0 Å². The van der Waals surface area contributed by atoms with Crippen molar-refractivity contribution in [2.24, 2.45) is 5.41 Å². The van der Waals surface area contributed by atoms with E-state index in [0.29, 0.717) is 12.2 Å². The van der Waals surface area contributed by atoms with Crippen LogP contribution in [-0.2, 0) is 6.54 Å². The maximum absolute atomic E-state index is 12.0. The molecule has 2 rings (SSSR count). The quantitative estimate of drug-likeness (QED) is 0.693. The zero-order valence-electron chi connectivity index (χ0n) is 8.45. The summed E-state index contributed by atoms with van der Waals surface area (Å²) in [5.74, 6) is 0.142. The van der Waals surface area contributed by atoms with Gasteiger partial charge in [-0.05, 0) is 13.8 Å². The van der Waals surface area contributed by atoms with Crippen LogP contribution in [0.15, 0.2) is 6.20 Å². The Balaban J connectivity index is 2.26. The lowest BCUT2D eigenvalue weighted by Gasteiger charge is -2.37. The number of carbonyl (C=O) groups is 1. The lowest BCUT2D eigenvalue weighted by atomic mass is 9.78. The first-order chi connectivity index (χ1) is 6.67. The first-order valence-electron chi connectivity index (χ1n) is 4.81. The minimum Gasteiger partial charge on any atom is -0.315 e. The highest BCUT2D eigenvalue weighted by atomic mass is 16.1. The van der Waals surface area contributed by atoms with Crippen molar-refractivity contribution in [3.8, 4) is 0 Å². The average molecular weight is 194 g/mol. The van der Waals surface area contributed by atoms with Crippen molar-refractivity contribution in [3.05, 3.63) is 11.9 Å². The lowest BCUT2D eigenvalue weighted by Crippen LogP contribution is -2.56. The fraction of sp³-hybridized carbons (Fsp3) is 0.667. The maximum atomic E-state index is 12.0. The summed E-state index contributed by atoms with van der Waals surface area (Å²) < 4.78 is 1.64. The second-order valence-corrected chi connectivity index (χ2v) is 3.93. The lowest BCUT2D eigenvalue weighted by molar-refractivity contribution is 0.0709. The van der Waals surface area contributed by atoms with Crippen molar-refractivity contribution in [1.82, 2.24) is 20.3 Å². The molecule has 5 nitrogen and oxygen atoms in total. The first kappa shape index (κ1) is 9.33. The summed E-state index contributed by atoms with van der Waals surface area (Å²) in [4.78, 5) is 12.0. The van der Waals surface area contributed by atoms with Gasteiger partial charge in [-0.15, -0.1) is 5.10 Å². The van der Waals surface area contributed by atoms with Gasteiger partial charge in [0.1, 0.15) is 5.69 Å². The minimum absolute atomic E-state index is 0.142. The summed E-state index contributed by atoms with van der Waals surface area (Å²) in [6.45, 7) is 6.11. The molecule has 0 amide bonds. The van der Waals surface area contributed by atoms with E-state index < -0.39 is 0 Å². The number of carbonyl (C=O) groups excluding carboxylic acids is 1. The highest BCUT2D eigenvalue weighted by molar-refractivity contribution is 5.99. The molecular formula is C9H14N4O. The number of aromatic nitrogens is 3. The van der Waals surface area contributed by atoms with Crippen LogP contribution in [-0.4, -0.2) is 33.9 Å². The number of nitrogens with zero attached hydrogens (tertiary/aromatic N) is 3. The summed E-state index contributed by atoms with van der Waals surface area (Å²) in [6.07, 6.45) is 1.55. The van der Waals surface area contributed by atoms with Gasteiger partial charge in [0.15, 0.2) is 5.78 Å². The minimum atomic E-state index is -0.255. The number of aryl methyl sites for hydroxylation is 1. The molecule has 1 N–H and O–H groups in total. The molecule has 0 atom stereocenters. The van der Waals surface area contributed by atoms with Crippen LogP contribution in [0.4, 0.5) is 0 Å². The third-order valence-corrected chi connectivity index (χ3v) is 2.73. The first-order valence-corrected chi connectivity index (χ1v) is 4.81. The molecule has 1 aliphatic rings. The molecule has 1 aliphatic heterocycles. The number of rotatable bonds is 3. The molecule has 0 aliphatic carbocycles. The molecule has 5 heteroatoms. The number of Topliss-reactive ketones (excluding diaryl/α,β-unsaturated/α-hetero) is 1. The van der Waals surface area contributed by atoms with Crippen LogP contribution in [0, 0.1) is 5.41 Å². The number of hydrogen-bond acceptors (Lipinski definition) is 4. The van der Waals surface area contributed by atoms with Crippen LogP contribution in [0.3, 0.4) is 0 Å². The summed E-state index contributed by atoms with van der Waals surface area (Å²) >= 11 is 0. The van der Waals surface area contributed by atoms with Crippen LogP contribution in [0.2, 0.25) is 0 Å². The molecule has 14 heavy (non-hydrogen) atoms. The average Bonchev–Trinajstić information content (AvgIpc) is 2.60. The monoisotopic (exact) mass is 194 g/mol. The van der Waals surface area contributed by atoms with Gasteiger partial charge in [-0.1, -0.05) is 5.21 Å². The Kier molecular flexibility index (Phi) is 2.11.